The highest BCUT2D eigenvalue weighted by Crippen LogP contribution is 2.36. The number of nitro groups is 1. The van der Waals surface area contributed by atoms with Gasteiger partial charge in [0.25, 0.3) is 0 Å². The second-order valence-corrected chi connectivity index (χ2v) is 9.36. The van der Waals surface area contributed by atoms with Crippen molar-refractivity contribution in [1.29, 1.82) is 0 Å². The summed E-state index contributed by atoms with van der Waals surface area (Å²) in [4.78, 5) is 32.4. The van der Waals surface area contributed by atoms with Crippen LogP contribution >= 0.6 is 0 Å². The topological polar surface area (TPSA) is 136 Å². The molecule has 2 aromatic carbocycles. The maximum absolute atomic E-state index is 11.1. The molecule has 0 aromatic heterocycles. The monoisotopic (exact) mass is 461 g/mol. The van der Waals surface area contributed by atoms with E-state index in [0.29, 0.717) is 11.3 Å². The predicted octanol–water partition coefficient (Wildman–Crippen LogP) is 5.29. The second kappa shape index (κ2) is 10.3. The zero-order valence-corrected chi connectivity index (χ0v) is 20.2. The second-order valence-electron chi connectivity index (χ2n) is 9.36. The Morgan fingerprint density at radius 1 is 0.818 bits per heavy atom. The first-order valence-electron chi connectivity index (χ1n) is 10.1. The van der Waals surface area contributed by atoms with E-state index >= 15 is 0 Å². The molecule has 2 N–H and O–H groups in total. The molecular formula is C24H31NO8. The zero-order chi connectivity index (χ0) is 25.7. The van der Waals surface area contributed by atoms with E-state index in [1.54, 1.807) is 12.1 Å². The number of rotatable bonds is 5. The molecule has 0 aliphatic carbocycles. The molecule has 180 valence electrons. The number of hydrogen-bond acceptors (Lipinski definition) is 6. The van der Waals surface area contributed by atoms with Crippen molar-refractivity contribution in [2.24, 2.45) is 0 Å². The van der Waals surface area contributed by atoms with Crippen molar-refractivity contribution < 1.29 is 34.2 Å². The first kappa shape index (κ1) is 27.4. The zero-order valence-electron chi connectivity index (χ0n) is 20.2. The molecule has 0 spiro atoms. The van der Waals surface area contributed by atoms with E-state index in [1.165, 1.54) is 26.4 Å². The van der Waals surface area contributed by atoms with E-state index in [1.807, 2.05) is 47.6 Å². The van der Waals surface area contributed by atoms with Crippen LogP contribution in [0, 0.1) is 10.1 Å². The third-order valence-electron chi connectivity index (χ3n) is 4.86. The fraction of sp³-hybridized carbons (Fsp3) is 0.417. The highest BCUT2D eigenvalue weighted by Gasteiger charge is 2.27. The van der Waals surface area contributed by atoms with Crippen molar-refractivity contribution in [2.75, 3.05) is 14.2 Å². The number of carboxylic acids is 2. The van der Waals surface area contributed by atoms with Crippen LogP contribution in [0.25, 0.3) is 0 Å². The molecule has 0 heterocycles. The molecule has 0 unspecified atom stereocenters. The number of nitrogens with zero attached hydrogens (tertiary/aromatic N) is 1. The molecule has 0 saturated heterocycles. The molecule has 0 aliphatic rings. The largest absolute Gasteiger partial charge is 0.496 e. The Morgan fingerprint density at radius 2 is 1.30 bits per heavy atom. The number of hydrogen-bond donors (Lipinski definition) is 2. The fourth-order valence-electron chi connectivity index (χ4n) is 2.90. The molecule has 2 aromatic rings. The van der Waals surface area contributed by atoms with Gasteiger partial charge in [-0.3, -0.25) is 10.1 Å². The molecule has 9 heteroatoms. The molecule has 0 aliphatic heterocycles. The lowest BCUT2D eigenvalue weighted by atomic mass is 9.85. The van der Waals surface area contributed by atoms with Crippen molar-refractivity contribution in [3.8, 4) is 11.5 Å². The number of carboxylic acid groups (broad SMARTS) is 2. The van der Waals surface area contributed by atoms with Crippen LogP contribution in [-0.4, -0.2) is 41.3 Å². The molecule has 0 amide bonds. The van der Waals surface area contributed by atoms with Crippen LogP contribution in [0.4, 0.5) is 5.69 Å². The molecule has 0 bridgehead atoms. The smallest absolute Gasteiger partial charge is 0.339 e. The van der Waals surface area contributed by atoms with Crippen molar-refractivity contribution in [3.05, 3.63) is 62.7 Å². The van der Waals surface area contributed by atoms with Crippen molar-refractivity contribution >= 4 is 17.6 Å². The Morgan fingerprint density at radius 3 is 1.67 bits per heavy atom. The number of ether oxygens (including phenoxy) is 2. The van der Waals surface area contributed by atoms with E-state index in [9.17, 15) is 19.7 Å². The Balaban J connectivity index is 0.000000335. The minimum absolute atomic E-state index is 0.0591. The Kier molecular flexibility index (Phi) is 8.58. The normalized spacial score (nSPS) is 11.2. The third kappa shape index (κ3) is 6.93. The summed E-state index contributed by atoms with van der Waals surface area (Å²) in [6.45, 7) is 11.7. The van der Waals surface area contributed by atoms with Gasteiger partial charge in [-0.15, -0.1) is 0 Å². The van der Waals surface area contributed by atoms with Gasteiger partial charge in [-0.05, 0) is 40.2 Å². The van der Waals surface area contributed by atoms with E-state index in [2.05, 4.69) is 0 Å². The number of benzene rings is 2. The van der Waals surface area contributed by atoms with Gasteiger partial charge in [0.2, 0.25) is 5.75 Å². The lowest BCUT2D eigenvalue weighted by Gasteiger charge is -2.20. The lowest BCUT2D eigenvalue weighted by molar-refractivity contribution is -0.385. The van der Waals surface area contributed by atoms with Gasteiger partial charge in [0.05, 0.1) is 19.1 Å². The minimum Gasteiger partial charge on any atom is -0.496 e. The van der Waals surface area contributed by atoms with Crippen molar-refractivity contribution in [1.82, 2.24) is 0 Å². The van der Waals surface area contributed by atoms with Crippen LogP contribution in [0.1, 0.15) is 73.4 Å². The fourth-order valence-corrected chi connectivity index (χ4v) is 2.90. The van der Waals surface area contributed by atoms with Crippen LogP contribution in [0.5, 0.6) is 11.5 Å². The summed E-state index contributed by atoms with van der Waals surface area (Å²) in [5, 5.41) is 29.1. The summed E-state index contributed by atoms with van der Waals surface area (Å²) in [5.41, 5.74) is 0.800. The summed E-state index contributed by atoms with van der Waals surface area (Å²) in [5.74, 6) is -2.03. The number of aromatic carboxylic acids is 2. The molecule has 0 saturated carbocycles. The molecular weight excluding hydrogens is 430 g/mol. The first-order valence-corrected chi connectivity index (χ1v) is 10.1. The van der Waals surface area contributed by atoms with Gasteiger partial charge in [0.1, 0.15) is 16.9 Å². The van der Waals surface area contributed by atoms with Crippen LogP contribution in [0.2, 0.25) is 0 Å². The number of nitro benzene ring substituents is 1. The standard InChI is InChI=1S/C12H15NO5.C12H16O3/c1-12(2,3)7-5-8(11(14)15)10(18-4)9(6-7)13(16)17;1-12(2,3)8-5-6-10(15-4)9(7-8)11(13)14/h5-6H,1-4H3,(H,14,15);5-7H,1-4H3,(H,13,14). The van der Waals surface area contributed by atoms with Crippen molar-refractivity contribution in [3.63, 3.8) is 0 Å². The maximum Gasteiger partial charge on any atom is 0.339 e. The average Bonchev–Trinajstić information content (AvgIpc) is 2.70. The van der Waals surface area contributed by atoms with Crippen LogP contribution in [-0.2, 0) is 10.8 Å². The molecule has 0 radical (unpaired) electrons. The Hall–Kier alpha value is -3.62. The molecule has 2 rings (SSSR count). The Bertz CT molecular complexity index is 1010. The number of carbonyl (C=O) groups is 2. The summed E-state index contributed by atoms with van der Waals surface area (Å²) in [6.07, 6.45) is 0. The SMILES string of the molecule is COc1c(C(=O)O)cc(C(C)(C)C)cc1[N+](=O)[O-].COc1ccc(C(C)(C)C)cc1C(=O)O. The quantitative estimate of drug-likeness (QED) is 0.453. The molecule has 33 heavy (non-hydrogen) atoms. The number of methoxy groups -OCH3 is 2. The van der Waals surface area contributed by atoms with Gasteiger partial charge >= 0.3 is 17.6 Å². The lowest BCUT2D eigenvalue weighted by Crippen LogP contribution is -2.14. The average molecular weight is 462 g/mol. The van der Waals surface area contributed by atoms with Gasteiger partial charge in [-0.1, -0.05) is 47.6 Å². The van der Waals surface area contributed by atoms with Crippen molar-refractivity contribution in [2.45, 2.75) is 52.4 Å². The first-order chi connectivity index (χ1) is 15.0. The maximum atomic E-state index is 11.1. The van der Waals surface area contributed by atoms with Gasteiger partial charge in [-0.25, -0.2) is 9.59 Å². The highest BCUT2D eigenvalue weighted by molar-refractivity contribution is 5.93. The van der Waals surface area contributed by atoms with Crippen LogP contribution < -0.4 is 9.47 Å². The summed E-state index contributed by atoms with van der Waals surface area (Å²) in [7, 11) is 2.68. The predicted molar refractivity (Wildman–Crippen MR) is 124 cm³/mol. The van der Waals surface area contributed by atoms with Gasteiger partial charge in [0.15, 0.2) is 0 Å². The summed E-state index contributed by atoms with van der Waals surface area (Å²) in [6, 6.07) is 8.02. The summed E-state index contributed by atoms with van der Waals surface area (Å²) < 4.78 is 9.84. The Labute approximate surface area is 193 Å². The third-order valence-corrected chi connectivity index (χ3v) is 4.86. The minimum atomic E-state index is -1.25. The van der Waals surface area contributed by atoms with Gasteiger partial charge in [0, 0.05) is 6.07 Å². The highest BCUT2D eigenvalue weighted by atomic mass is 16.6. The van der Waals surface area contributed by atoms with Crippen LogP contribution in [0.3, 0.4) is 0 Å². The molecule has 0 fully saturated rings. The molecule has 0 atom stereocenters. The van der Waals surface area contributed by atoms with E-state index in [4.69, 9.17) is 19.7 Å². The van der Waals surface area contributed by atoms with E-state index in [-0.39, 0.29) is 33.4 Å². The van der Waals surface area contributed by atoms with Gasteiger partial charge < -0.3 is 19.7 Å². The van der Waals surface area contributed by atoms with Gasteiger partial charge in [-0.2, -0.15) is 0 Å². The summed E-state index contributed by atoms with van der Waals surface area (Å²) >= 11 is 0. The van der Waals surface area contributed by atoms with Crippen LogP contribution in [0.15, 0.2) is 30.3 Å². The molecule has 9 nitrogen and oxygen atoms in total. The van der Waals surface area contributed by atoms with E-state index < -0.39 is 16.9 Å². The van der Waals surface area contributed by atoms with E-state index in [0.717, 1.165) is 5.56 Å².